The number of hydrogen-bond donors (Lipinski definition) is 2. The van der Waals surface area contributed by atoms with Crippen LogP contribution in [-0.4, -0.2) is 73.6 Å². The van der Waals surface area contributed by atoms with Crippen molar-refractivity contribution < 1.29 is 41.0 Å². The summed E-state index contributed by atoms with van der Waals surface area (Å²) in [6.45, 7) is 5.29. The van der Waals surface area contributed by atoms with E-state index in [0.717, 1.165) is 23.1 Å². The Kier molecular flexibility index (Phi) is 9.33. The molecule has 0 aliphatic carbocycles. The van der Waals surface area contributed by atoms with Crippen molar-refractivity contribution in [1.29, 1.82) is 0 Å². The van der Waals surface area contributed by atoms with Crippen LogP contribution in [0.15, 0.2) is 52.9 Å². The molecule has 2 aromatic carbocycles. The van der Waals surface area contributed by atoms with E-state index >= 15 is 0 Å². The molecule has 0 saturated carbocycles. The van der Waals surface area contributed by atoms with Gasteiger partial charge in [-0.1, -0.05) is 32.0 Å². The summed E-state index contributed by atoms with van der Waals surface area (Å²) >= 11 is 0. The van der Waals surface area contributed by atoms with E-state index in [0.29, 0.717) is 11.3 Å². The number of sulfonamides is 1. The number of benzene rings is 2. The second-order valence-corrected chi connectivity index (χ2v) is 12.5. The highest BCUT2D eigenvalue weighted by Crippen LogP contribution is 2.33. The van der Waals surface area contributed by atoms with E-state index in [2.05, 4.69) is 15.0 Å². The molecule has 1 spiro atoms. The third kappa shape index (κ3) is 7.43. The number of aliphatic hydroxyl groups excluding tert-OH is 1. The zero-order valence-corrected chi connectivity index (χ0v) is 24.7. The van der Waals surface area contributed by atoms with Crippen LogP contribution in [0.4, 0.5) is 18.9 Å². The van der Waals surface area contributed by atoms with Gasteiger partial charge in [0.2, 0.25) is 15.9 Å². The molecule has 0 aromatic heterocycles. The van der Waals surface area contributed by atoms with Crippen LogP contribution < -0.4 is 15.0 Å². The number of halogens is 3. The van der Waals surface area contributed by atoms with Crippen molar-refractivity contribution in [2.24, 2.45) is 10.9 Å². The maximum atomic E-state index is 13.1. The fourth-order valence-corrected chi connectivity index (χ4v) is 6.16. The molecule has 232 valence electrons. The minimum Gasteiger partial charge on any atom is -0.406 e. The van der Waals surface area contributed by atoms with Gasteiger partial charge in [0.25, 0.3) is 5.91 Å². The molecular weight excluding hydrogens is 589 g/mol. The molecule has 0 unspecified atom stereocenters. The van der Waals surface area contributed by atoms with Crippen molar-refractivity contribution >= 4 is 39.4 Å². The number of rotatable bonds is 9. The number of alkyl halides is 3. The number of ether oxygens (including phenoxy) is 1. The number of carbonyl (C=O) groups is 2. The first kappa shape index (κ1) is 32.2. The van der Waals surface area contributed by atoms with Gasteiger partial charge in [-0.15, -0.1) is 13.2 Å². The second kappa shape index (κ2) is 12.5. The Morgan fingerprint density at radius 1 is 1.21 bits per heavy atom. The predicted molar refractivity (Wildman–Crippen MR) is 155 cm³/mol. The third-order valence-electron chi connectivity index (χ3n) is 7.30. The molecule has 0 radical (unpaired) electrons. The number of carbonyl (C=O) groups excluding carboxylic acids is 2. The van der Waals surface area contributed by atoms with Crippen LogP contribution in [-0.2, 0) is 19.6 Å². The van der Waals surface area contributed by atoms with Crippen molar-refractivity contribution in [3.8, 4) is 5.75 Å². The van der Waals surface area contributed by atoms with Gasteiger partial charge >= 0.3 is 6.36 Å². The molecule has 0 atom stereocenters. The van der Waals surface area contributed by atoms with Gasteiger partial charge in [0.05, 0.1) is 6.61 Å². The molecule has 2 aliphatic rings. The Labute approximate surface area is 247 Å². The maximum absolute atomic E-state index is 13.1. The van der Waals surface area contributed by atoms with Gasteiger partial charge in [0.1, 0.15) is 17.1 Å². The number of nitrogens with one attached hydrogen (secondary N) is 1. The number of hydrogen-bond acceptors (Lipinski definition) is 7. The van der Waals surface area contributed by atoms with Crippen LogP contribution >= 0.6 is 0 Å². The van der Waals surface area contributed by atoms with Crippen LogP contribution in [0, 0.1) is 12.8 Å². The van der Waals surface area contributed by atoms with Crippen molar-refractivity contribution in [2.45, 2.75) is 45.5 Å². The Hall–Kier alpha value is -3.75. The summed E-state index contributed by atoms with van der Waals surface area (Å²) in [5.74, 6) is -1.21. The highest BCUT2D eigenvalue weighted by Gasteiger charge is 2.47. The zero-order chi connectivity index (χ0) is 31.6. The van der Waals surface area contributed by atoms with E-state index in [1.54, 1.807) is 39.0 Å². The highest BCUT2D eigenvalue weighted by molar-refractivity contribution is 7.92. The number of amidine groups is 1. The summed E-state index contributed by atoms with van der Waals surface area (Å²) in [5, 5.41) is 13.1. The Bertz CT molecular complexity index is 1550. The number of aryl methyl sites for hydroxylation is 1. The number of nitrogens with zero attached hydrogens (tertiary/aromatic N) is 3. The average Bonchev–Trinajstić information content (AvgIpc) is 3.25. The highest BCUT2D eigenvalue weighted by atomic mass is 32.2. The van der Waals surface area contributed by atoms with Crippen LogP contribution in [0.1, 0.15) is 43.4 Å². The van der Waals surface area contributed by atoms with Crippen LogP contribution in [0.2, 0.25) is 0 Å². The Balaban J connectivity index is 1.45. The van der Waals surface area contributed by atoms with E-state index < -0.39 is 33.6 Å². The molecular formula is C29H33F3N4O6S. The zero-order valence-electron chi connectivity index (χ0n) is 23.9. The summed E-state index contributed by atoms with van der Waals surface area (Å²) in [7, 11) is -3.86. The Morgan fingerprint density at radius 2 is 1.91 bits per heavy atom. The summed E-state index contributed by atoms with van der Waals surface area (Å²) in [6, 6.07) is 10.3. The van der Waals surface area contributed by atoms with Gasteiger partial charge in [0.15, 0.2) is 0 Å². The average molecular weight is 623 g/mol. The quantitative estimate of drug-likeness (QED) is 0.440. The maximum Gasteiger partial charge on any atom is 0.573 e. The normalized spacial score (nSPS) is 17.4. The van der Waals surface area contributed by atoms with Gasteiger partial charge in [0, 0.05) is 42.2 Å². The molecule has 14 heteroatoms. The second-order valence-electron chi connectivity index (χ2n) is 10.7. The standard InChI is InChI=1S/C29H33F3N4O6S/c1-19(2)26(38)36(14-15-37)23-8-7-21(20(3)17-23)9-16-43(40,41)35-12-10-28(11-13-35)27(39)33-25(34-28)22-5-4-6-24(18-22)42-29(30,31)32/h4-9,16-19,37H,10-15H2,1-3H3,(H,33,34,39)/b16-9+. The van der Waals surface area contributed by atoms with E-state index in [1.165, 1.54) is 27.4 Å². The van der Waals surface area contributed by atoms with Gasteiger partial charge in [-0.25, -0.2) is 8.42 Å². The van der Waals surface area contributed by atoms with Crippen molar-refractivity contribution in [3.63, 3.8) is 0 Å². The Morgan fingerprint density at radius 3 is 2.51 bits per heavy atom. The van der Waals surface area contributed by atoms with Gasteiger partial charge in [-0.05, 0) is 61.2 Å². The van der Waals surface area contributed by atoms with E-state index in [-0.39, 0.29) is 62.3 Å². The van der Waals surface area contributed by atoms with Crippen molar-refractivity contribution in [3.05, 3.63) is 64.6 Å². The minimum absolute atomic E-state index is 0.0133. The van der Waals surface area contributed by atoms with Crippen LogP contribution in [0.5, 0.6) is 5.75 Å². The molecule has 2 aromatic rings. The summed E-state index contributed by atoms with van der Waals surface area (Å²) in [5.41, 5.74) is 0.963. The van der Waals surface area contributed by atoms with Gasteiger partial charge in [-0.2, -0.15) is 4.31 Å². The third-order valence-corrected chi connectivity index (χ3v) is 8.86. The van der Waals surface area contributed by atoms with Crippen molar-refractivity contribution in [2.75, 3.05) is 31.1 Å². The van der Waals surface area contributed by atoms with Gasteiger partial charge in [-0.3, -0.25) is 14.6 Å². The number of amides is 2. The molecule has 0 bridgehead atoms. The molecule has 2 aliphatic heterocycles. The number of piperidine rings is 1. The fourth-order valence-electron chi connectivity index (χ4n) is 4.98. The number of aliphatic imine (C=N–C) groups is 1. The topological polar surface area (TPSA) is 129 Å². The first-order valence-corrected chi connectivity index (χ1v) is 15.1. The minimum atomic E-state index is -4.87. The van der Waals surface area contributed by atoms with Gasteiger partial charge < -0.3 is 20.1 Å². The summed E-state index contributed by atoms with van der Waals surface area (Å²) in [6.07, 6.45) is -3.22. The largest absolute Gasteiger partial charge is 0.573 e. The van der Waals surface area contributed by atoms with Crippen molar-refractivity contribution in [1.82, 2.24) is 9.62 Å². The van der Waals surface area contributed by atoms with Crippen LogP contribution in [0.3, 0.4) is 0 Å². The monoisotopic (exact) mass is 622 g/mol. The first-order valence-electron chi connectivity index (χ1n) is 13.6. The molecule has 2 heterocycles. The molecule has 10 nitrogen and oxygen atoms in total. The lowest BCUT2D eigenvalue weighted by atomic mass is 9.89. The lowest BCUT2D eigenvalue weighted by molar-refractivity contribution is -0.274. The summed E-state index contributed by atoms with van der Waals surface area (Å²) in [4.78, 5) is 31.4. The lowest BCUT2D eigenvalue weighted by Gasteiger charge is -2.34. The number of anilines is 1. The molecule has 2 N–H and O–H groups in total. The number of aliphatic hydroxyl groups is 1. The van der Waals surface area contributed by atoms with E-state index in [4.69, 9.17) is 0 Å². The van der Waals surface area contributed by atoms with E-state index in [1.807, 2.05) is 0 Å². The molecule has 1 fully saturated rings. The van der Waals surface area contributed by atoms with Crippen LogP contribution in [0.25, 0.3) is 6.08 Å². The lowest BCUT2D eigenvalue weighted by Crippen LogP contribution is -2.50. The predicted octanol–water partition coefficient (Wildman–Crippen LogP) is 3.59. The molecule has 2 amide bonds. The SMILES string of the molecule is Cc1cc(N(CCO)C(=O)C(C)C)ccc1/C=C/S(=O)(=O)N1CCC2(CC1)N=C(c1cccc(OC(F)(F)F)c1)NC2=O. The molecule has 43 heavy (non-hydrogen) atoms. The fraction of sp³-hybridized carbons (Fsp3) is 0.414. The summed E-state index contributed by atoms with van der Waals surface area (Å²) < 4.78 is 69.3. The first-order chi connectivity index (χ1) is 20.1. The smallest absolute Gasteiger partial charge is 0.406 e. The molecule has 1 saturated heterocycles. The van der Waals surface area contributed by atoms with E-state index in [9.17, 15) is 36.3 Å². The molecule has 4 rings (SSSR count).